The van der Waals surface area contributed by atoms with Gasteiger partial charge in [0.15, 0.2) is 0 Å². The minimum atomic E-state index is -0.873. The molecule has 0 fully saturated rings. The SMILES string of the molecule is CNC(C=O)CCC(=O)O. The number of likely N-dealkylation sites (N-methyl/N-ethyl adjacent to an activating group) is 1. The largest absolute Gasteiger partial charge is 0.481 e. The fourth-order valence-electron chi connectivity index (χ4n) is 0.559. The van der Waals surface area contributed by atoms with Gasteiger partial charge in [-0.3, -0.25) is 4.79 Å². The Hall–Kier alpha value is -0.900. The van der Waals surface area contributed by atoms with Crippen LogP contribution in [0.5, 0.6) is 0 Å². The molecule has 0 aliphatic rings. The Bertz CT molecular complexity index is 124. The second-order valence-electron chi connectivity index (χ2n) is 1.96. The zero-order valence-electron chi connectivity index (χ0n) is 5.83. The van der Waals surface area contributed by atoms with Crippen LogP contribution in [0.1, 0.15) is 12.8 Å². The third-order valence-corrected chi connectivity index (χ3v) is 1.20. The number of nitrogens with one attached hydrogen (secondary N) is 1. The second-order valence-corrected chi connectivity index (χ2v) is 1.96. The van der Waals surface area contributed by atoms with E-state index in [2.05, 4.69) is 5.32 Å². The maximum absolute atomic E-state index is 10.1. The highest BCUT2D eigenvalue weighted by atomic mass is 16.4. The summed E-state index contributed by atoms with van der Waals surface area (Å²) >= 11 is 0. The van der Waals surface area contributed by atoms with Gasteiger partial charge in [0.1, 0.15) is 6.29 Å². The van der Waals surface area contributed by atoms with Crippen LogP contribution in [0, 0.1) is 0 Å². The molecule has 0 heterocycles. The quantitative estimate of drug-likeness (QED) is 0.518. The van der Waals surface area contributed by atoms with Gasteiger partial charge in [0.2, 0.25) is 0 Å². The summed E-state index contributed by atoms with van der Waals surface area (Å²) in [5.74, 6) is -0.873. The molecule has 1 unspecified atom stereocenters. The highest BCUT2D eigenvalue weighted by Gasteiger charge is 2.05. The first-order valence-corrected chi connectivity index (χ1v) is 3.05. The Kier molecular flexibility index (Phi) is 4.49. The van der Waals surface area contributed by atoms with E-state index in [9.17, 15) is 9.59 Å². The first-order valence-electron chi connectivity index (χ1n) is 3.05. The molecule has 0 rings (SSSR count). The Morgan fingerprint density at radius 1 is 1.80 bits per heavy atom. The lowest BCUT2D eigenvalue weighted by atomic mass is 10.2. The summed E-state index contributed by atoms with van der Waals surface area (Å²) in [6.07, 6.45) is 1.10. The summed E-state index contributed by atoms with van der Waals surface area (Å²) in [6, 6.07) is -0.323. The van der Waals surface area contributed by atoms with Gasteiger partial charge in [0.05, 0.1) is 6.04 Å². The third kappa shape index (κ3) is 4.03. The van der Waals surface area contributed by atoms with E-state index in [1.807, 2.05) is 0 Å². The Morgan fingerprint density at radius 2 is 2.40 bits per heavy atom. The number of hydrogen-bond acceptors (Lipinski definition) is 3. The van der Waals surface area contributed by atoms with Crippen LogP contribution in [-0.4, -0.2) is 30.5 Å². The smallest absolute Gasteiger partial charge is 0.303 e. The lowest BCUT2D eigenvalue weighted by Crippen LogP contribution is -2.27. The summed E-state index contributed by atoms with van der Waals surface area (Å²) in [5, 5.41) is 10.9. The van der Waals surface area contributed by atoms with Crippen molar-refractivity contribution in [2.75, 3.05) is 7.05 Å². The molecule has 0 saturated heterocycles. The van der Waals surface area contributed by atoms with Gasteiger partial charge in [0, 0.05) is 6.42 Å². The summed E-state index contributed by atoms with van der Waals surface area (Å²) in [5.41, 5.74) is 0. The molecular weight excluding hydrogens is 134 g/mol. The van der Waals surface area contributed by atoms with E-state index in [0.717, 1.165) is 0 Å². The average molecular weight is 145 g/mol. The minimum Gasteiger partial charge on any atom is -0.481 e. The average Bonchev–Trinajstić information content (AvgIpc) is 1.90. The number of aliphatic carboxylic acids is 1. The Labute approximate surface area is 59.2 Å². The standard InChI is InChI=1S/C6H11NO3/c1-7-5(4-8)2-3-6(9)10/h4-5,7H,2-3H2,1H3,(H,9,10). The van der Waals surface area contributed by atoms with Gasteiger partial charge in [-0.2, -0.15) is 0 Å². The van der Waals surface area contributed by atoms with Gasteiger partial charge in [0.25, 0.3) is 0 Å². The molecule has 0 radical (unpaired) electrons. The summed E-state index contributed by atoms with van der Waals surface area (Å²) in [7, 11) is 1.63. The summed E-state index contributed by atoms with van der Waals surface area (Å²) in [4.78, 5) is 20.1. The molecule has 1 atom stereocenters. The van der Waals surface area contributed by atoms with Crippen molar-refractivity contribution in [2.45, 2.75) is 18.9 Å². The van der Waals surface area contributed by atoms with Crippen molar-refractivity contribution in [3.63, 3.8) is 0 Å². The van der Waals surface area contributed by atoms with Crippen LogP contribution in [0.25, 0.3) is 0 Å². The predicted octanol–water partition coefficient (Wildman–Crippen LogP) is -0.362. The third-order valence-electron chi connectivity index (χ3n) is 1.20. The van der Waals surface area contributed by atoms with Gasteiger partial charge >= 0.3 is 5.97 Å². The lowest BCUT2D eigenvalue weighted by Gasteiger charge is -2.04. The monoisotopic (exact) mass is 145 g/mol. The molecule has 2 N–H and O–H groups in total. The van der Waals surface area contributed by atoms with Crippen molar-refractivity contribution in [1.82, 2.24) is 5.32 Å². The van der Waals surface area contributed by atoms with Crippen LogP contribution in [0.15, 0.2) is 0 Å². The van der Waals surface area contributed by atoms with Crippen molar-refractivity contribution < 1.29 is 14.7 Å². The number of aldehydes is 1. The van der Waals surface area contributed by atoms with E-state index >= 15 is 0 Å². The number of hydrogen-bond donors (Lipinski definition) is 2. The van der Waals surface area contributed by atoms with Crippen molar-refractivity contribution >= 4 is 12.3 Å². The normalized spacial score (nSPS) is 12.5. The Balaban J connectivity index is 3.44. The number of carboxylic acids is 1. The van der Waals surface area contributed by atoms with Gasteiger partial charge in [-0.05, 0) is 13.5 Å². The molecule has 0 aromatic rings. The molecule has 58 valence electrons. The van der Waals surface area contributed by atoms with Gasteiger partial charge in [-0.1, -0.05) is 0 Å². The highest BCUT2D eigenvalue weighted by molar-refractivity contribution is 5.68. The van der Waals surface area contributed by atoms with E-state index in [1.54, 1.807) is 7.05 Å². The van der Waals surface area contributed by atoms with Crippen LogP contribution in [0.4, 0.5) is 0 Å². The number of carbonyl (C=O) groups excluding carboxylic acids is 1. The van der Waals surface area contributed by atoms with Crippen LogP contribution >= 0.6 is 0 Å². The fourth-order valence-corrected chi connectivity index (χ4v) is 0.559. The van der Waals surface area contributed by atoms with E-state index < -0.39 is 5.97 Å². The van der Waals surface area contributed by atoms with Crippen LogP contribution in [0.3, 0.4) is 0 Å². The topological polar surface area (TPSA) is 66.4 Å². The minimum absolute atomic E-state index is 0.0320. The number of carbonyl (C=O) groups is 2. The van der Waals surface area contributed by atoms with Crippen LogP contribution in [-0.2, 0) is 9.59 Å². The van der Waals surface area contributed by atoms with Crippen molar-refractivity contribution in [3.05, 3.63) is 0 Å². The number of carboxylic acid groups (broad SMARTS) is 1. The molecule has 0 spiro atoms. The molecule has 0 aliphatic carbocycles. The molecule has 0 bridgehead atoms. The fraction of sp³-hybridized carbons (Fsp3) is 0.667. The Morgan fingerprint density at radius 3 is 2.70 bits per heavy atom. The maximum Gasteiger partial charge on any atom is 0.303 e. The highest BCUT2D eigenvalue weighted by Crippen LogP contribution is 1.92. The summed E-state index contributed by atoms with van der Waals surface area (Å²) in [6.45, 7) is 0. The number of rotatable bonds is 5. The van der Waals surface area contributed by atoms with Crippen molar-refractivity contribution in [3.8, 4) is 0 Å². The first kappa shape index (κ1) is 9.10. The molecule has 4 heteroatoms. The van der Waals surface area contributed by atoms with Crippen molar-refractivity contribution in [1.29, 1.82) is 0 Å². The molecule has 4 nitrogen and oxygen atoms in total. The van der Waals surface area contributed by atoms with E-state index in [1.165, 1.54) is 0 Å². The molecule has 0 amide bonds. The zero-order chi connectivity index (χ0) is 7.98. The molecular formula is C6H11NO3. The maximum atomic E-state index is 10.1. The van der Waals surface area contributed by atoms with Gasteiger partial charge in [-0.15, -0.1) is 0 Å². The predicted molar refractivity (Wildman–Crippen MR) is 35.8 cm³/mol. The molecule has 0 saturated carbocycles. The van der Waals surface area contributed by atoms with Gasteiger partial charge in [-0.25, -0.2) is 0 Å². The summed E-state index contributed by atoms with van der Waals surface area (Å²) < 4.78 is 0. The zero-order valence-corrected chi connectivity index (χ0v) is 5.83. The van der Waals surface area contributed by atoms with Gasteiger partial charge < -0.3 is 15.2 Å². The van der Waals surface area contributed by atoms with Crippen LogP contribution in [0.2, 0.25) is 0 Å². The molecule has 0 aliphatic heterocycles. The first-order chi connectivity index (χ1) is 4.70. The van der Waals surface area contributed by atoms with E-state index in [0.29, 0.717) is 12.7 Å². The van der Waals surface area contributed by atoms with Crippen molar-refractivity contribution in [2.24, 2.45) is 0 Å². The van der Waals surface area contributed by atoms with E-state index in [4.69, 9.17) is 5.11 Å². The van der Waals surface area contributed by atoms with Crippen LogP contribution < -0.4 is 5.32 Å². The second kappa shape index (κ2) is 4.93. The van der Waals surface area contributed by atoms with E-state index in [-0.39, 0.29) is 12.5 Å². The molecule has 0 aromatic carbocycles. The molecule has 10 heavy (non-hydrogen) atoms. The lowest BCUT2D eigenvalue weighted by molar-refractivity contribution is -0.137. The molecule has 0 aromatic heterocycles.